The van der Waals surface area contributed by atoms with Crippen molar-refractivity contribution >= 4 is 29.3 Å². The molecule has 1 aromatic heterocycles. The molecule has 1 atom stereocenters. The number of carbonyl (C=O) groups excluding carboxylic acids is 2. The van der Waals surface area contributed by atoms with Crippen LogP contribution in [0.4, 0.5) is 5.69 Å². The van der Waals surface area contributed by atoms with Crippen LogP contribution in [0.15, 0.2) is 35.5 Å². The van der Waals surface area contributed by atoms with Crippen LogP contribution in [0, 0.1) is 13.8 Å². The Morgan fingerprint density at radius 2 is 1.78 bits per heavy atom. The molecule has 1 aromatic carbocycles. The quantitative estimate of drug-likeness (QED) is 0.647. The lowest BCUT2D eigenvalue weighted by Gasteiger charge is -2.13. The molecule has 0 bridgehead atoms. The molecule has 0 aliphatic rings. The largest absolute Gasteiger partial charge is 0.366 e. The summed E-state index contributed by atoms with van der Waals surface area (Å²) in [6.07, 6.45) is 0. The number of benzene rings is 1. The standard InChI is InChI=1S/C16H18N4O2S/c1-9-8-10(2)19-16(18-9)23-11(3)15(22)20-13-7-5-4-6-12(13)14(17)21/h4-8,11H,1-3H3,(H2,17,21)(H,20,22). The maximum absolute atomic E-state index is 12.3. The predicted molar refractivity (Wildman–Crippen MR) is 90.4 cm³/mol. The van der Waals surface area contributed by atoms with Crippen LogP contribution < -0.4 is 11.1 Å². The molecular weight excluding hydrogens is 312 g/mol. The van der Waals surface area contributed by atoms with Gasteiger partial charge >= 0.3 is 0 Å². The molecule has 6 nitrogen and oxygen atoms in total. The number of anilines is 1. The molecule has 0 aliphatic carbocycles. The van der Waals surface area contributed by atoms with E-state index in [4.69, 9.17) is 5.73 Å². The van der Waals surface area contributed by atoms with Gasteiger partial charge in [0.1, 0.15) is 0 Å². The lowest BCUT2D eigenvalue weighted by atomic mass is 10.1. The Morgan fingerprint density at radius 1 is 1.17 bits per heavy atom. The van der Waals surface area contributed by atoms with Crippen LogP contribution in [-0.2, 0) is 4.79 Å². The SMILES string of the molecule is Cc1cc(C)nc(SC(C)C(=O)Nc2ccccc2C(N)=O)n1. The third kappa shape index (κ3) is 4.53. The Morgan fingerprint density at radius 3 is 2.39 bits per heavy atom. The molecular formula is C16H18N4O2S. The van der Waals surface area contributed by atoms with Crippen molar-refractivity contribution in [2.75, 3.05) is 5.32 Å². The van der Waals surface area contributed by atoms with Gasteiger partial charge in [-0.25, -0.2) is 9.97 Å². The Kier molecular flexibility index (Phi) is 5.33. The second kappa shape index (κ2) is 7.23. The van der Waals surface area contributed by atoms with Crippen molar-refractivity contribution in [3.8, 4) is 0 Å². The fourth-order valence-electron chi connectivity index (χ4n) is 2.00. The molecule has 0 spiro atoms. The molecule has 0 radical (unpaired) electrons. The highest BCUT2D eigenvalue weighted by Crippen LogP contribution is 2.22. The molecule has 2 aromatic rings. The van der Waals surface area contributed by atoms with Crippen LogP contribution in [0.3, 0.4) is 0 Å². The van der Waals surface area contributed by atoms with E-state index in [2.05, 4.69) is 15.3 Å². The number of rotatable bonds is 5. The third-order valence-electron chi connectivity index (χ3n) is 3.06. The van der Waals surface area contributed by atoms with Crippen molar-refractivity contribution in [1.82, 2.24) is 9.97 Å². The zero-order chi connectivity index (χ0) is 17.0. The molecule has 0 aliphatic heterocycles. The highest BCUT2D eigenvalue weighted by Gasteiger charge is 2.18. The molecule has 120 valence electrons. The van der Waals surface area contributed by atoms with Gasteiger partial charge in [-0.15, -0.1) is 0 Å². The number of carbonyl (C=O) groups is 2. The molecule has 23 heavy (non-hydrogen) atoms. The van der Waals surface area contributed by atoms with E-state index in [1.54, 1.807) is 31.2 Å². The maximum atomic E-state index is 12.3. The van der Waals surface area contributed by atoms with E-state index in [1.807, 2.05) is 19.9 Å². The molecule has 1 unspecified atom stereocenters. The summed E-state index contributed by atoms with van der Waals surface area (Å²) in [5, 5.41) is 2.86. The van der Waals surface area contributed by atoms with Crippen molar-refractivity contribution in [2.24, 2.45) is 5.73 Å². The molecule has 2 rings (SSSR count). The molecule has 0 saturated heterocycles. The maximum Gasteiger partial charge on any atom is 0.250 e. The molecule has 7 heteroatoms. The first-order chi connectivity index (χ1) is 10.9. The average molecular weight is 330 g/mol. The number of nitrogens with zero attached hydrogens (tertiary/aromatic N) is 2. The average Bonchev–Trinajstić information content (AvgIpc) is 2.46. The Bertz CT molecular complexity index is 728. The summed E-state index contributed by atoms with van der Waals surface area (Å²) in [6, 6.07) is 8.51. The summed E-state index contributed by atoms with van der Waals surface area (Å²) in [5.74, 6) is -0.828. The summed E-state index contributed by atoms with van der Waals surface area (Å²) in [6.45, 7) is 5.52. The number of amides is 2. The molecule has 2 amide bonds. The van der Waals surface area contributed by atoms with E-state index in [0.29, 0.717) is 10.8 Å². The zero-order valence-corrected chi connectivity index (χ0v) is 14.0. The molecule has 0 saturated carbocycles. The fraction of sp³-hybridized carbons (Fsp3) is 0.250. The fourth-order valence-corrected chi connectivity index (χ4v) is 2.87. The van der Waals surface area contributed by atoms with Crippen molar-refractivity contribution in [3.63, 3.8) is 0 Å². The molecule has 1 heterocycles. The van der Waals surface area contributed by atoms with Gasteiger partial charge in [0, 0.05) is 11.4 Å². The van der Waals surface area contributed by atoms with Crippen molar-refractivity contribution < 1.29 is 9.59 Å². The van der Waals surface area contributed by atoms with Crippen LogP contribution in [0.25, 0.3) is 0 Å². The molecule has 3 N–H and O–H groups in total. The predicted octanol–water partition coefficient (Wildman–Crippen LogP) is 2.31. The second-order valence-electron chi connectivity index (χ2n) is 5.09. The lowest BCUT2D eigenvalue weighted by Crippen LogP contribution is -2.25. The van der Waals surface area contributed by atoms with Gasteiger partial charge in [0.2, 0.25) is 5.91 Å². The van der Waals surface area contributed by atoms with Gasteiger partial charge in [-0.3, -0.25) is 9.59 Å². The summed E-state index contributed by atoms with van der Waals surface area (Å²) >= 11 is 1.26. The van der Waals surface area contributed by atoms with Crippen molar-refractivity contribution in [3.05, 3.63) is 47.3 Å². The number of primary amides is 1. The van der Waals surface area contributed by atoms with Crippen LogP contribution in [0.1, 0.15) is 28.7 Å². The number of aromatic nitrogens is 2. The first-order valence-corrected chi connectivity index (χ1v) is 7.93. The van der Waals surface area contributed by atoms with Gasteiger partial charge in [0.05, 0.1) is 16.5 Å². The topological polar surface area (TPSA) is 98.0 Å². The number of nitrogens with one attached hydrogen (secondary N) is 1. The van der Waals surface area contributed by atoms with Gasteiger partial charge in [-0.05, 0) is 39.0 Å². The number of hydrogen-bond acceptors (Lipinski definition) is 5. The van der Waals surface area contributed by atoms with Gasteiger partial charge in [0.25, 0.3) is 5.91 Å². The summed E-state index contributed by atoms with van der Waals surface area (Å²) < 4.78 is 0. The van der Waals surface area contributed by atoms with Crippen molar-refractivity contribution in [1.29, 1.82) is 0 Å². The smallest absolute Gasteiger partial charge is 0.250 e. The van der Waals surface area contributed by atoms with Gasteiger partial charge in [-0.2, -0.15) is 0 Å². The summed E-state index contributed by atoms with van der Waals surface area (Å²) in [7, 11) is 0. The number of para-hydroxylation sites is 1. The van der Waals surface area contributed by atoms with E-state index in [1.165, 1.54) is 11.8 Å². The minimum atomic E-state index is -0.584. The third-order valence-corrected chi connectivity index (χ3v) is 4.02. The van der Waals surface area contributed by atoms with Crippen LogP contribution in [0.5, 0.6) is 0 Å². The number of thioether (sulfide) groups is 1. The first kappa shape index (κ1) is 17.0. The number of aryl methyl sites for hydroxylation is 2. The number of nitrogens with two attached hydrogens (primary N) is 1. The van der Waals surface area contributed by atoms with E-state index in [0.717, 1.165) is 11.4 Å². The Labute approximate surface area is 138 Å². The van der Waals surface area contributed by atoms with E-state index >= 15 is 0 Å². The zero-order valence-electron chi connectivity index (χ0n) is 13.2. The Balaban J connectivity index is 2.10. The van der Waals surface area contributed by atoms with Crippen LogP contribution >= 0.6 is 11.8 Å². The minimum absolute atomic E-state index is 0.244. The van der Waals surface area contributed by atoms with E-state index in [9.17, 15) is 9.59 Å². The summed E-state index contributed by atoms with van der Waals surface area (Å²) in [4.78, 5) is 32.3. The van der Waals surface area contributed by atoms with E-state index in [-0.39, 0.29) is 11.5 Å². The van der Waals surface area contributed by atoms with Crippen LogP contribution in [-0.4, -0.2) is 27.0 Å². The molecule has 0 fully saturated rings. The van der Waals surface area contributed by atoms with Gasteiger partial charge in [0.15, 0.2) is 5.16 Å². The first-order valence-electron chi connectivity index (χ1n) is 7.05. The second-order valence-corrected chi connectivity index (χ2v) is 6.40. The summed E-state index contributed by atoms with van der Waals surface area (Å²) in [5.41, 5.74) is 7.69. The minimum Gasteiger partial charge on any atom is -0.366 e. The normalized spacial score (nSPS) is 11.8. The highest BCUT2D eigenvalue weighted by molar-refractivity contribution is 8.00. The van der Waals surface area contributed by atoms with E-state index < -0.39 is 11.2 Å². The Hall–Kier alpha value is -2.41. The van der Waals surface area contributed by atoms with Gasteiger partial charge < -0.3 is 11.1 Å². The van der Waals surface area contributed by atoms with Crippen molar-refractivity contribution in [2.45, 2.75) is 31.2 Å². The number of hydrogen-bond donors (Lipinski definition) is 2. The monoisotopic (exact) mass is 330 g/mol. The van der Waals surface area contributed by atoms with Gasteiger partial charge in [-0.1, -0.05) is 23.9 Å². The highest BCUT2D eigenvalue weighted by atomic mass is 32.2. The van der Waals surface area contributed by atoms with Crippen LogP contribution in [0.2, 0.25) is 0 Å². The lowest BCUT2D eigenvalue weighted by molar-refractivity contribution is -0.115.